The zero-order valence-corrected chi connectivity index (χ0v) is 24.0. The maximum Gasteiger partial charge on any atom is 0.326 e. The maximum atomic E-state index is 13.6. The molecule has 5 unspecified atom stereocenters. The van der Waals surface area contributed by atoms with Crippen LogP contribution in [0.25, 0.3) is 0 Å². The van der Waals surface area contributed by atoms with E-state index < -0.39 is 47.9 Å². The number of aliphatic carboxylic acids is 1. The molecule has 0 radical (unpaired) electrons. The average Bonchev–Trinajstić information content (AvgIpc) is 2.92. The number of phenols is 2. The summed E-state index contributed by atoms with van der Waals surface area (Å²) in [5.41, 5.74) is 7.30. The van der Waals surface area contributed by atoms with Crippen molar-refractivity contribution in [3.05, 3.63) is 59.7 Å². The highest BCUT2D eigenvalue weighted by Gasteiger charge is 2.32. The molecule has 224 valence electrons. The molecule has 0 saturated carbocycles. The number of carbonyl (C=O) groups is 4. The molecule has 2 aromatic carbocycles. The summed E-state index contributed by atoms with van der Waals surface area (Å²) in [6, 6.07) is 7.85. The predicted octanol–water partition coefficient (Wildman–Crippen LogP) is 1.84. The van der Waals surface area contributed by atoms with Crippen LogP contribution in [0.1, 0.15) is 51.7 Å². The van der Waals surface area contributed by atoms with Gasteiger partial charge in [0.2, 0.25) is 17.7 Å². The summed E-state index contributed by atoms with van der Waals surface area (Å²) in [7, 11) is 0. The van der Waals surface area contributed by atoms with Crippen LogP contribution < -0.4 is 21.7 Å². The van der Waals surface area contributed by atoms with Crippen LogP contribution in [0.5, 0.6) is 11.5 Å². The van der Waals surface area contributed by atoms with Crippen LogP contribution in [0.2, 0.25) is 0 Å². The molecular formula is C30H42N4O7. The number of rotatable bonds is 15. The van der Waals surface area contributed by atoms with Crippen molar-refractivity contribution in [1.82, 2.24) is 16.0 Å². The largest absolute Gasteiger partial charge is 0.508 e. The van der Waals surface area contributed by atoms with Crippen molar-refractivity contribution >= 4 is 23.7 Å². The number of carboxylic acids is 1. The number of amides is 3. The van der Waals surface area contributed by atoms with E-state index in [9.17, 15) is 34.5 Å². The SMILES string of the molecule is CCC(C)C(NC(=O)C(Cc1ccc(O)cc1)NC(=O)C(Cc1ccc(O)cc1)NC(=O)C(N)CC(C)C)C(=O)O. The van der Waals surface area contributed by atoms with E-state index in [4.69, 9.17) is 5.73 Å². The molecule has 41 heavy (non-hydrogen) atoms. The van der Waals surface area contributed by atoms with Crippen molar-refractivity contribution in [3.8, 4) is 11.5 Å². The maximum absolute atomic E-state index is 13.6. The number of hydrogen-bond donors (Lipinski definition) is 7. The molecule has 11 heteroatoms. The summed E-state index contributed by atoms with van der Waals surface area (Å²) in [6.07, 6.45) is 0.947. The van der Waals surface area contributed by atoms with Crippen LogP contribution in [0.4, 0.5) is 0 Å². The van der Waals surface area contributed by atoms with E-state index in [0.717, 1.165) is 0 Å². The van der Waals surface area contributed by atoms with Gasteiger partial charge in [0.25, 0.3) is 0 Å². The first-order valence-electron chi connectivity index (χ1n) is 13.8. The Labute approximate surface area is 240 Å². The molecule has 8 N–H and O–H groups in total. The monoisotopic (exact) mass is 570 g/mol. The van der Waals surface area contributed by atoms with Gasteiger partial charge in [-0.15, -0.1) is 0 Å². The zero-order valence-electron chi connectivity index (χ0n) is 24.0. The second-order valence-corrected chi connectivity index (χ2v) is 10.8. The third-order valence-electron chi connectivity index (χ3n) is 6.86. The molecule has 0 aliphatic rings. The minimum absolute atomic E-state index is 0.00254. The van der Waals surface area contributed by atoms with Crippen molar-refractivity contribution in [1.29, 1.82) is 0 Å². The Balaban J connectivity index is 2.36. The highest BCUT2D eigenvalue weighted by atomic mass is 16.4. The van der Waals surface area contributed by atoms with Crippen LogP contribution in [-0.4, -0.2) is 63.2 Å². The summed E-state index contributed by atoms with van der Waals surface area (Å²) in [5, 5.41) is 36.9. The first kappa shape index (κ1) is 33.1. The predicted molar refractivity (Wildman–Crippen MR) is 154 cm³/mol. The average molecular weight is 571 g/mol. The lowest BCUT2D eigenvalue weighted by molar-refractivity contribution is -0.143. The molecule has 11 nitrogen and oxygen atoms in total. The van der Waals surface area contributed by atoms with Gasteiger partial charge in [-0.2, -0.15) is 0 Å². The fourth-order valence-corrected chi connectivity index (χ4v) is 4.26. The number of nitrogens with two attached hydrogens (primary N) is 1. The first-order valence-corrected chi connectivity index (χ1v) is 13.8. The van der Waals surface area contributed by atoms with E-state index in [-0.39, 0.29) is 36.2 Å². The number of nitrogens with one attached hydrogen (secondary N) is 3. The number of benzene rings is 2. The van der Waals surface area contributed by atoms with Crippen molar-refractivity contribution < 1.29 is 34.5 Å². The smallest absolute Gasteiger partial charge is 0.326 e. The zero-order chi connectivity index (χ0) is 30.7. The Kier molecular flexibility index (Phi) is 12.6. The third-order valence-corrected chi connectivity index (χ3v) is 6.86. The number of carboxylic acid groups (broad SMARTS) is 1. The fraction of sp³-hybridized carbons (Fsp3) is 0.467. The summed E-state index contributed by atoms with van der Waals surface area (Å²) in [4.78, 5) is 51.7. The van der Waals surface area contributed by atoms with Gasteiger partial charge in [0, 0.05) is 12.8 Å². The molecule has 3 amide bonds. The van der Waals surface area contributed by atoms with E-state index >= 15 is 0 Å². The summed E-state index contributed by atoms with van der Waals surface area (Å²) < 4.78 is 0. The molecule has 2 aromatic rings. The summed E-state index contributed by atoms with van der Waals surface area (Å²) >= 11 is 0. The Morgan fingerprint density at radius 1 is 0.732 bits per heavy atom. The van der Waals surface area contributed by atoms with E-state index in [1.165, 1.54) is 24.3 Å². The standard InChI is InChI=1S/C30H42N4O7/c1-5-18(4)26(30(40)41)34-29(39)25(16-20-8-12-22(36)13-9-20)33-28(38)24(15-19-6-10-21(35)11-7-19)32-27(37)23(31)14-17(2)3/h6-13,17-18,23-26,35-36H,5,14-16,31H2,1-4H3,(H,32,37)(H,33,38)(H,34,39)(H,40,41). The molecule has 5 atom stereocenters. The molecular weight excluding hydrogens is 528 g/mol. The van der Waals surface area contributed by atoms with Gasteiger partial charge in [-0.1, -0.05) is 58.4 Å². The molecule has 0 aromatic heterocycles. The highest BCUT2D eigenvalue weighted by Crippen LogP contribution is 2.15. The Bertz CT molecular complexity index is 1170. The molecule has 0 aliphatic heterocycles. The normalized spacial score (nSPS) is 14.8. The molecule has 0 spiro atoms. The molecule has 0 bridgehead atoms. The minimum Gasteiger partial charge on any atom is -0.508 e. The van der Waals surface area contributed by atoms with Gasteiger partial charge in [0.05, 0.1) is 6.04 Å². The van der Waals surface area contributed by atoms with E-state index in [2.05, 4.69) is 16.0 Å². The Morgan fingerprint density at radius 2 is 1.15 bits per heavy atom. The lowest BCUT2D eigenvalue weighted by atomic mass is 9.97. The van der Waals surface area contributed by atoms with Crippen molar-refractivity contribution in [2.24, 2.45) is 17.6 Å². The summed E-state index contributed by atoms with van der Waals surface area (Å²) in [6.45, 7) is 7.35. The van der Waals surface area contributed by atoms with Crippen LogP contribution in [-0.2, 0) is 32.0 Å². The van der Waals surface area contributed by atoms with Crippen molar-refractivity contribution in [2.45, 2.75) is 77.5 Å². The Morgan fingerprint density at radius 3 is 1.54 bits per heavy atom. The minimum atomic E-state index is -1.20. The topological polar surface area (TPSA) is 191 Å². The molecule has 0 heterocycles. The van der Waals surface area contributed by atoms with Gasteiger partial charge in [-0.25, -0.2) is 4.79 Å². The number of hydrogen-bond acceptors (Lipinski definition) is 7. The van der Waals surface area contributed by atoms with Crippen molar-refractivity contribution in [3.63, 3.8) is 0 Å². The van der Waals surface area contributed by atoms with Gasteiger partial charge >= 0.3 is 5.97 Å². The third kappa shape index (κ3) is 10.8. The first-order chi connectivity index (χ1) is 19.3. The molecule has 0 fully saturated rings. The van der Waals surface area contributed by atoms with Gasteiger partial charge in [-0.3, -0.25) is 14.4 Å². The van der Waals surface area contributed by atoms with E-state index in [1.54, 1.807) is 31.2 Å². The lowest BCUT2D eigenvalue weighted by Gasteiger charge is -2.27. The van der Waals surface area contributed by atoms with Crippen LogP contribution in [0, 0.1) is 11.8 Å². The van der Waals surface area contributed by atoms with Crippen LogP contribution in [0.3, 0.4) is 0 Å². The van der Waals surface area contributed by atoms with Crippen LogP contribution in [0.15, 0.2) is 48.5 Å². The lowest BCUT2D eigenvalue weighted by Crippen LogP contribution is -2.58. The number of phenolic OH excluding ortho intramolecular Hbond substituents is 2. The molecule has 0 aliphatic carbocycles. The van der Waals surface area contributed by atoms with Gasteiger partial charge < -0.3 is 37.0 Å². The van der Waals surface area contributed by atoms with E-state index in [1.807, 2.05) is 20.8 Å². The summed E-state index contributed by atoms with van der Waals surface area (Å²) in [5.74, 6) is -3.26. The molecule has 0 saturated heterocycles. The molecule has 2 rings (SSSR count). The van der Waals surface area contributed by atoms with E-state index in [0.29, 0.717) is 24.0 Å². The van der Waals surface area contributed by atoms with Crippen LogP contribution >= 0.6 is 0 Å². The van der Waals surface area contributed by atoms with Gasteiger partial charge in [0.15, 0.2) is 0 Å². The van der Waals surface area contributed by atoms with Gasteiger partial charge in [0.1, 0.15) is 29.6 Å². The second kappa shape index (κ2) is 15.6. The number of aromatic hydroxyl groups is 2. The highest BCUT2D eigenvalue weighted by molar-refractivity contribution is 5.94. The quantitative estimate of drug-likeness (QED) is 0.169. The number of carbonyl (C=O) groups excluding carboxylic acids is 3. The fourth-order valence-electron chi connectivity index (χ4n) is 4.26. The second-order valence-electron chi connectivity index (χ2n) is 10.8. The van der Waals surface area contributed by atoms with Gasteiger partial charge in [-0.05, 0) is 53.6 Å². The van der Waals surface area contributed by atoms with Crippen molar-refractivity contribution in [2.75, 3.05) is 0 Å². The Hall–Kier alpha value is -4.12.